The summed E-state index contributed by atoms with van der Waals surface area (Å²) in [7, 11) is 0. The predicted molar refractivity (Wildman–Crippen MR) is 124 cm³/mol. The third kappa shape index (κ3) is 5.00. The monoisotopic (exact) mass is 420 g/mol. The largest absolute Gasteiger partial charge is 0.455 e. The molecule has 1 unspecified atom stereocenters. The fourth-order valence-electron chi connectivity index (χ4n) is 4.35. The molecular formula is C26H32N2O3. The Morgan fingerprint density at radius 3 is 2.58 bits per heavy atom. The highest BCUT2D eigenvalue weighted by atomic mass is 16.6. The van der Waals surface area contributed by atoms with E-state index in [1.165, 1.54) is 5.56 Å². The molecule has 0 amide bonds. The van der Waals surface area contributed by atoms with E-state index in [2.05, 4.69) is 47.7 Å². The minimum atomic E-state index is -0.612. The number of rotatable bonds is 9. The van der Waals surface area contributed by atoms with E-state index in [1.807, 2.05) is 44.2 Å². The second-order valence-electron chi connectivity index (χ2n) is 9.17. The summed E-state index contributed by atoms with van der Waals surface area (Å²) >= 11 is 0. The Balaban J connectivity index is 1.51. The van der Waals surface area contributed by atoms with Crippen molar-refractivity contribution in [3.8, 4) is 0 Å². The average Bonchev–Trinajstić information content (AvgIpc) is 3.18. The van der Waals surface area contributed by atoms with Crippen LogP contribution in [0.2, 0.25) is 0 Å². The number of aliphatic hydroxyl groups is 1. The molecule has 0 bridgehead atoms. The highest BCUT2D eigenvalue weighted by molar-refractivity contribution is 6.03. The lowest BCUT2D eigenvalue weighted by molar-refractivity contribution is 0.0377. The molecular weight excluding hydrogens is 388 g/mol. The summed E-state index contributed by atoms with van der Waals surface area (Å²) in [5, 5.41) is 18.9. The first-order valence-electron chi connectivity index (χ1n) is 11.1. The number of hydrogen-bond donors (Lipinski definition) is 2. The molecule has 4 rings (SSSR count). The minimum absolute atomic E-state index is 0.124. The zero-order valence-corrected chi connectivity index (χ0v) is 18.5. The van der Waals surface area contributed by atoms with Gasteiger partial charge in [-0.1, -0.05) is 74.5 Å². The van der Waals surface area contributed by atoms with Crippen molar-refractivity contribution >= 4 is 16.7 Å². The summed E-state index contributed by atoms with van der Waals surface area (Å²) < 4.78 is 6.11. The van der Waals surface area contributed by atoms with Gasteiger partial charge >= 0.3 is 0 Å². The van der Waals surface area contributed by atoms with Crippen LogP contribution in [-0.4, -0.2) is 36.1 Å². The van der Waals surface area contributed by atoms with E-state index in [0.29, 0.717) is 12.6 Å². The molecule has 1 aromatic heterocycles. The fraction of sp³-hybridized carbons (Fsp3) is 0.423. The van der Waals surface area contributed by atoms with Crippen LogP contribution < -0.4 is 5.32 Å². The van der Waals surface area contributed by atoms with Crippen LogP contribution in [0, 0.1) is 5.92 Å². The van der Waals surface area contributed by atoms with Gasteiger partial charge in [-0.2, -0.15) is 0 Å². The van der Waals surface area contributed by atoms with Crippen molar-refractivity contribution in [2.75, 3.05) is 13.2 Å². The van der Waals surface area contributed by atoms with Crippen LogP contribution in [0.3, 0.4) is 0 Å². The zero-order valence-electron chi connectivity index (χ0n) is 18.5. The summed E-state index contributed by atoms with van der Waals surface area (Å²) in [5.41, 5.74) is 3.15. The number of benzene rings is 2. The van der Waals surface area contributed by atoms with Crippen molar-refractivity contribution in [3.05, 3.63) is 72.0 Å². The van der Waals surface area contributed by atoms with Gasteiger partial charge in [0, 0.05) is 23.9 Å². The normalized spacial score (nSPS) is 22.5. The van der Waals surface area contributed by atoms with Crippen LogP contribution in [0.25, 0.3) is 11.0 Å². The number of oxime groups is 1. The van der Waals surface area contributed by atoms with Crippen molar-refractivity contribution in [1.82, 2.24) is 5.32 Å². The first kappa shape index (κ1) is 21.6. The van der Waals surface area contributed by atoms with Crippen molar-refractivity contribution in [1.29, 1.82) is 0 Å². The molecule has 1 aliphatic carbocycles. The summed E-state index contributed by atoms with van der Waals surface area (Å²) in [6.07, 6.45) is 1.35. The molecule has 1 aliphatic rings. The van der Waals surface area contributed by atoms with E-state index in [1.54, 1.807) is 0 Å². The maximum atomic E-state index is 10.2. The molecule has 0 spiro atoms. The van der Waals surface area contributed by atoms with E-state index in [4.69, 9.17) is 9.25 Å². The van der Waals surface area contributed by atoms with Crippen LogP contribution >= 0.6 is 0 Å². The first-order chi connectivity index (χ1) is 14.9. The molecule has 1 atom stereocenters. The van der Waals surface area contributed by atoms with Crippen molar-refractivity contribution in [2.45, 2.75) is 51.2 Å². The third-order valence-corrected chi connectivity index (χ3v) is 6.12. The van der Waals surface area contributed by atoms with Gasteiger partial charge in [0.2, 0.25) is 0 Å². The average molecular weight is 421 g/mol. The van der Waals surface area contributed by atoms with E-state index >= 15 is 0 Å². The Morgan fingerprint density at radius 1 is 1.16 bits per heavy atom. The maximum Gasteiger partial charge on any atom is 0.153 e. The Labute approximate surface area is 184 Å². The number of nitrogens with zero attached hydrogens (tertiary/aromatic N) is 1. The molecule has 1 heterocycles. The molecule has 5 nitrogen and oxygen atoms in total. The lowest BCUT2D eigenvalue weighted by Crippen LogP contribution is -2.42. The fourth-order valence-corrected chi connectivity index (χ4v) is 4.35. The van der Waals surface area contributed by atoms with Crippen LogP contribution in [0.4, 0.5) is 0 Å². The smallest absolute Gasteiger partial charge is 0.153 e. The van der Waals surface area contributed by atoms with Crippen molar-refractivity contribution in [2.24, 2.45) is 11.1 Å². The second kappa shape index (κ2) is 9.25. The molecule has 5 heteroatoms. The number of nitrogens with one attached hydrogen (secondary N) is 1. The quantitative estimate of drug-likeness (QED) is 0.382. The topological polar surface area (TPSA) is 67.0 Å². The first-order valence-corrected chi connectivity index (χ1v) is 11.1. The van der Waals surface area contributed by atoms with Crippen molar-refractivity contribution < 1.29 is 14.4 Å². The molecule has 31 heavy (non-hydrogen) atoms. The number of hydrogen-bond acceptors (Lipinski definition) is 5. The zero-order chi connectivity index (χ0) is 21.8. The second-order valence-corrected chi connectivity index (χ2v) is 9.17. The number of furan rings is 1. The predicted octanol–water partition coefficient (Wildman–Crippen LogP) is 4.88. The van der Waals surface area contributed by atoms with Crippen LogP contribution in [0.1, 0.15) is 44.9 Å². The maximum absolute atomic E-state index is 10.2. The molecule has 0 saturated heterocycles. The summed E-state index contributed by atoms with van der Waals surface area (Å²) in [5.74, 6) is 0.993. The van der Waals surface area contributed by atoms with E-state index in [9.17, 15) is 5.11 Å². The van der Waals surface area contributed by atoms with Gasteiger partial charge < -0.3 is 19.7 Å². The van der Waals surface area contributed by atoms with Gasteiger partial charge in [0.25, 0.3) is 0 Å². The number of para-hydroxylation sites is 1. The molecule has 3 aromatic rings. The van der Waals surface area contributed by atoms with Crippen LogP contribution in [0.15, 0.2) is 70.2 Å². The standard InChI is InChI=1S/C26H32N2O3/c1-18(2)27-16-22(29)17-30-28-25(24-13-19-9-7-8-12-23(19)31-24)20-14-26(3,15-20)21-10-5-4-6-11-21/h4-13,18,20,22,27,29H,14-17H2,1-3H3. The van der Waals surface area contributed by atoms with Gasteiger partial charge in [0.15, 0.2) is 5.76 Å². The Hall–Kier alpha value is -2.63. The van der Waals surface area contributed by atoms with Gasteiger partial charge in [-0.15, -0.1) is 0 Å². The lowest BCUT2D eigenvalue weighted by atomic mass is 9.58. The Bertz CT molecular complexity index is 986. The van der Waals surface area contributed by atoms with E-state index in [-0.39, 0.29) is 17.9 Å². The summed E-state index contributed by atoms with van der Waals surface area (Å²) in [4.78, 5) is 5.61. The summed E-state index contributed by atoms with van der Waals surface area (Å²) in [6.45, 7) is 7.02. The highest BCUT2D eigenvalue weighted by Gasteiger charge is 2.45. The highest BCUT2D eigenvalue weighted by Crippen LogP contribution is 2.49. The SMILES string of the molecule is CC(C)NCC(O)CON=C(c1cc2ccccc2o1)C1CC(C)(c2ccccc2)C1. The van der Waals surface area contributed by atoms with Gasteiger partial charge in [-0.25, -0.2) is 0 Å². The molecule has 0 radical (unpaired) electrons. The van der Waals surface area contributed by atoms with E-state index < -0.39 is 6.10 Å². The molecule has 1 saturated carbocycles. The minimum Gasteiger partial charge on any atom is -0.455 e. The third-order valence-electron chi connectivity index (χ3n) is 6.12. The molecule has 1 fully saturated rings. The van der Waals surface area contributed by atoms with Gasteiger partial charge in [-0.05, 0) is 36.0 Å². The number of aliphatic hydroxyl groups excluding tert-OH is 1. The Kier molecular flexibility index (Phi) is 6.44. The van der Waals surface area contributed by atoms with Crippen LogP contribution in [0.5, 0.6) is 0 Å². The lowest BCUT2D eigenvalue weighted by Gasteiger charge is -2.45. The van der Waals surface area contributed by atoms with Crippen molar-refractivity contribution in [3.63, 3.8) is 0 Å². The van der Waals surface area contributed by atoms with Crippen LogP contribution in [-0.2, 0) is 10.3 Å². The van der Waals surface area contributed by atoms with Gasteiger partial charge in [0.05, 0.1) is 0 Å². The summed E-state index contributed by atoms with van der Waals surface area (Å²) in [6, 6.07) is 21.0. The number of fused-ring (bicyclic) bond motifs is 1. The molecule has 0 aliphatic heterocycles. The van der Waals surface area contributed by atoms with Gasteiger partial charge in [-0.3, -0.25) is 0 Å². The molecule has 2 aromatic carbocycles. The molecule has 164 valence electrons. The van der Waals surface area contributed by atoms with E-state index in [0.717, 1.165) is 35.3 Å². The Morgan fingerprint density at radius 2 is 1.87 bits per heavy atom. The van der Waals surface area contributed by atoms with Gasteiger partial charge in [0.1, 0.15) is 24.0 Å². The molecule has 2 N–H and O–H groups in total.